The van der Waals surface area contributed by atoms with Crippen LogP contribution >= 0.6 is 11.8 Å². The Morgan fingerprint density at radius 3 is 3.00 bits per heavy atom. The van der Waals surface area contributed by atoms with Gasteiger partial charge in [-0.25, -0.2) is 0 Å². The van der Waals surface area contributed by atoms with E-state index in [0.29, 0.717) is 12.0 Å². The second kappa shape index (κ2) is 8.02. The van der Waals surface area contributed by atoms with Crippen molar-refractivity contribution in [1.29, 1.82) is 0 Å². The smallest absolute Gasteiger partial charge is 0.0783 e. The molecular formula is C16H31NO2S. The fourth-order valence-corrected chi connectivity index (χ4v) is 5.14. The van der Waals surface area contributed by atoms with Gasteiger partial charge in [0.05, 0.1) is 5.60 Å². The first-order valence-electron chi connectivity index (χ1n) is 8.13. The minimum absolute atomic E-state index is 0.200. The average molecular weight is 301 g/mol. The molecule has 0 amide bonds. The molecule has 0 aromatic rings. The van der Waals surface area contributed by atoms with E-state index in [2.05, 4.69) is 30.9 Å². The van der Waals surface area contributed by atoms with Crippen LogP contribution in [0.4, 0.5) is 0 Å². The van der Waals surface area contributed by atoms with Crippen LogP contribution in [0, 0.1) is 11.8 Å². The molecule has 0 aromatic heterocycles. The zero-order valence-electron chi connectivity index (χ0n) is 13.3. The molecule has 4 atom stereocenters. The summed E-state index contributed by atoms with van der Waals surface area (Å²) in [4.78, 5) is 0. The van der Waals surface area contributed by atoms with Gasteiger partial charge in [-0.05, 0) is 49.8 Å². The molecule has 2 heterocycles. The van der Waals surface area contributed by atoms with Gasteiger partial charge in [0.25, 0.3) is 0 Å². The predicted octanol–water partition coefficient (Wildman–Crippen LogP) is 2.94. The van der Waals surface area contributed by atoms with Crippen LogP contribution in [0.25, 0.3) is 0 Å². The van der Waals surface area contributed by atoms with Crippen LogP contribution in [-0.4, -0.2) is 50.0 Å². The van der Waals surface area contributed by atoms with E-state index in [9.17, 15) is 0 Å². The van der Waals surface area contributed by atoms with Gasteiger partial charge in [-0.15, -0.1) is 0 Å². The topological polar surface area (TPSA) is 30.5 Å². The quantitative estimate of drug-likeness (QED) is 0.783. The molecule has 118 valence electrons. The van der Waals surface area contributed by atoms with Crippen LogP contribution in [0.1, 0.15) is 39.5 Å². The maximum absolute atomic E-state index is 6.16. The van der Waals surface area contributed by atoms with Crippen molar-refractivity contribution in [2.24, 2.45) is 11.8 Å². The van der Waals surface area contributed by atoms with Crippen molar-refractivity contribution >= 4 is 11.8 Å². The number of nitrogens with one attached hydrogen (secondary N) is 1. The second-order valence-corrected chi connectivity index (χ2v) is 7.65. The van der Waals surface area contributed by atoms with Crippen LogP contribution in [0.15, 0.2) is 0 Å². The molecule has 20 heavy (non-hydrogen) atoms. The van der Waals surface area contributed by atoms with Crippen LogP contribution in [-0.2, 0) is 9.47 Å². The van der Waals surface area contributed by atoms with Crippen molar-refractivity contribution in [2.45, 2.75) is 51.2 Å². The van der Waals surface area contributed by atoms with E-state index in [-0.39, 0.29) is 5.60 Å². The highest BCUT2D eigenvalue weighted by molar-refractivity contribution is 7.99. The lowest BCUT2D eigenvalue weighted by Crippen LogP contribution is -2.47. The molecule has 1 spiro atoms. The van der Waals surface area contributed by atoms with Gasteiger partial charge in [0.1, 0.15) is 0 Å². The van der Waals surface area contributed by atoms with Gasteiger partial charge in [0.15, 0.2) is 0 Å². The number of thioether (sulfide) groups is 1. The third-order valence-electron chi connectivity index (χ3n) is 4.74. The Morgan fingerprint density at radius 1 is 1.50 bits per heavy atom. The van der Waals surface area contributed by atoms with Gasteiger partial charge in [-0.2, -0.15) is 11.8 Å². The molecule has 0 aliphatic carbocycles. The van der Waals surface area contributed by atoms with Crippen molar-refractivity contribution in [3.8, 4) is 0 Å². The largest absolute Gasteiger partial charge is 0.384 e. The van der Waals surface area contributed by atoms with Gasteiger partial charge in [0, 0.05) is 32.1 Å². The van der Waals surface area contributed by atoms with E-state index < -0.39 is 0 Å². The summed E-state index contributed by atoms with van der Waals surface area (Å²) in [7, 11) is 1.80. The van der Waals surface area contributed by atoms with E-state index in [1.165, 1.54) is 37.2 Å². The van der Waals surface area contributed by atoms with Crippen LogP contribution < -0.4 is 5.32 Å². The monoisotopic (exact) mass is 301 g/mol. The minimum Gasteiger partial charge on any atom is -0.384 e. The number of rotatable bonds is 7. The van der Waals surface area contributed by atoms with Crippen LogP contribution in [0.5, 0.6) is 0 Å². The lowest BCUT2D eigenvalue weighted by Gasteiger charge is -2.41. The van der Waals surface area contributed by atoms with E-state index in [0.717, 1.165) is 25.7 Å². The predicted molar refractivity (Wildman–Crippen MR) is 86.5 cm³/mol. The summed E-state index contributed by atoms with van der Waals surface area (Å²) in [5, 5.41) is 3.73. The number of ether oxygens (including phenoxy) is 2. The Morgan fingerprint density at radius 2 is 2.35 bits per heavy atom. The van der Waals surface area contributed by atoms with E-state index in [1.807, 2.05) is 0 Å². The average Bonchev–Trinajstić information content (AvgIpc) is 2.86. The Hall–Kier alpha value is 0.230. The molecule has 0 saturated carbocycles. The number of methoxy groups -OCH3 is 1. The Labute approximate surface area is 128 Å². The summed E-state index contributed by atoms with van der Waals surface area (Å²) in [5.41, 5.74) is 0.200. The molecule has 2 rings (SSSR count). The van der Waals surface area contributed by atoms with Crippen LogP contribution in [0.2, 0.25) is 0 Å². The standard InChI is InChI=1S/C16H31NO2S/c1-4-17-15(9-13(2)11-18-3)14-5-7-19-16(10-14)6-8-20-12-16/h13-15,17H,4-12H2,1-3H3. The minimum atomic E-state index is 0.200. The molecule has 2 aliphatic rings. The molecule has 0 radical (unpaired) electrons. The first-order valence-corrected chi connectivity index (χ1v) is 9.28. The summed E-state index contributed by atoms with van der Waals surface area (Å²) in [6.45, 7) is 7.39. The highest BCUT2D eigenvalue weighted by Gasteiger charge is 2.42. The summed E-state index contributed by atoms with van der Waals surface area (Å²) in [6.07, 6.45) is 4.93. The van der Waals surface area contributed by atoms with Crippen molar-refractivity contribution in [1.82, 2.24) is 5.32 Å². The second-order valence-electron chi connectivity index (χ2n) is 6.55. The third-order valence-corrected chi connectivity index (χ3v) is 5.96. The first-order chi connectivity index (χ1) is 9.69. The Balaban J connectivity index is 1.93. The number of hydrogen-bond acceptors (Lipinski definition) is 4. The SMILES string of the molecule is CCNC(CC(C)COC)C1CCOC2(CCSC2)C1. The molecule has 1 N–H and O–H groups in total. The fourth-order valence-electron chi connectivity index (χ4n) is 3.76. The van der Waals surface area contributed by atoms with E-state index in [1.54, 1.807) is 7.11 Å². The lowest BCUT2D eigenvalue weighted by atomic mass is 9.79. The molecule has 3 nitrogen and oxygen atoms in total. The Bertz CT molecular complexity index is 282. The molecule has 2 aliphatic heterocycles. The lowest BCUT2D eigenvalue weighted by molar-refractivity contribution is -0.0864. The first kappa shape index (κ1) is 16.6. The summed E-state index contributed by atoms with van der Waals surface area (Å²) in [5.74, 6) is 3.87. The highest BCUT2D eigenvalue weighted by Crippen LogP contribution is 2.41. The highest BCUT2D eigenvalue weighted by atomic mass is 32.2. The zero-order chi connectivity index (χ0) is 14.4. The number of hydrogen-bond donors (Lipinski definition) is 1. The van der Waals surface area contributed by atoms with Crippen molar-refractivity contribution < 1.29 is 9.47 Å². The Kier molecular flexibility index (Phi) is 6.66. The molecular weight excluding hydrogens is 270 g/mol. The molecule has 4 heteroatoms. The van der Waals surface area contributed by atoms with Gasteiger partial charge >= 0.3 is 0 Å². The molecule has 0 bridgehead atoms. The summed E-state index contributed by atoms with van der Waals surface area (Å²) in [6, 6.07) is 0.622. The van der Waals surface area contributed by atoms with Crippen molar-refractivity contribution in [3.63, 3.8) is 0 Å². The van der Waals surface area contributed by atoms with Crippen molar-refractivity contribution in [2.75, 3.05) is 38.4 Å². The van der Waals surface area contributed by atoms with Crippen molar-refractivity contribution in [3.05, 3.63) is 0 Å². The van der Waals surface area contributed by atoms with E-state index in [4.69, 9.17) is 9.47 Å². The summed E-state index contributed by atoms with van der Waals surface area (Å²) < 4.78 is 11.5. The van der Waals surface area contributed by atoms with Gasteiger partial charge < -0.3 is 14.8 Å². The maximum Gasteiger partial charge on any atom is 0.0783 e. The van der Waals surface area contributed by atoms with E-state index >= 15 is 0 Å². The maximum atomic E-state index is 6.16. The molecule has 0 aromatic carbocycles. The van der Waals surface area contributed by atoms with Crippen LogP contribution in [0.3, 0.4) is 0 Å². The zero-order valence-corrected chi connectivity index (χ0v) is 14.1. The molecule has 2 saturated heterocycles. The molecule has 4 unspecified atom stereocenters. The summed E-state index contributed by atoms with van der Waals surface area (Å²) >= 11 is 2.06. The van der Waals surface area contributed by atoms with Gasteiger partial charge in [-0.3, -0.25) is 0 Å². The van der Waals surface area contributed by atoms with Gasteiger partial charge in [0.2, 0.25) is 0 Å². The van der Waals surface area contributed by atoms with Gasteiger partial charge in [-0.1, -0.05) is 13.8 Å². The third kappa shape index (κ3) is 4.36. The molecule has 2 fully saturated rings. The fraction of sp³-hybridized carbons (Fsp3) is 1.00. The normalized spacial score (nSPS) is 33.5.